The van der Waals surface area contributed by atoms with E-state index in [2.05, 4.69) is 26.2 Å². The van der Waals surface area contributed by atoms with Crippen LogP contribution >= 0.6 is 27.3 Å². The Morgan fingerprint density at radius 1 is 1.67 bits per heavy atom. The van der Waals surface area contributed by atoms with Crippen molar-refractivity contribution in [1.82, 2.24) is 4.90 Å². The first-order valence-electron chi connectivity index (χ1n) is 3.75. The van der Waals surface area contributed by atoms with Gasteiger partial charge in [0, 0.05) is 22.4 Å². The molecule has 0 saturated carbocycles. The molecule has 0 aliphatic rings. The number of aliphatic hydroxyl groups excluding tert-OH is 1. The van der Waals surface area contributed by atoms with E-state index in [0.29, 0.717) is 0 Å². The van der Waals surface area contributed by atoms with Crippen LogP contribution < -0.4 is 0 Å². The van der Waals surface area contributed by atoms with Gasteiger partial charge in [0.25, 0.3) is 0 Å². The number of halogens is 1. The van der Waals surface area contributed by atoms with Crippen molar-refractivity contribution in [3.8, 4) is 0 Å². The van der Waals surface area contributed by atoms with E-state index in [1.165, 1.54) is 4.88 Å². The maximum absolute atomic E-state index is 8.68. The van der Waals surface area contributed by atoms with Crippen LogP contribution in [0.15, 0.2) is 15.9 Å². The Labute approximate surface area is 85.0 Å². The molecule has 0 spiro atoms. The van der Waals surface area contributed by atoms with Gasteiger partial charge in [0.15, 0.2) is 0 Å². The summed E-state index contributed by atoms with van der Waals surface area (Å²) in [6, 6.07) is 2.05. The van der Waals surface area contributed by atoms with Crippen LogP contribution in [0.2, 0.25) is 0 Å². The highest BCUT2D eigenvalue weighted by Gasteiger charge is 2.04. The van der Waals surface area contributed by atoms with Gasteiger partial charge in [0.05, 0.1) is 6.61 Å². The zero-order valence-corrected chi connectivity index (χ0v) is 9.36. The lowest BCUT2D eigenvalue weighted by molar-refractivity contribution is 0.218. The Hall–Kier alpha value is 0.100. The van der Waals surface area contributed by atoms with E-state index in [4.69, 9.17) is 5.11 Å². The maximum Gasteiger partial charge on any atom is 0.0558 e. The third-order valence-corrected chi connectivity index (χ3v) is 3.50. The van der Waals surface area contributed by atoms with Gasteiger partial charge in [-0.05, 0) is 34.4 Å². The fraction of sp³-hybridized carbons (Fsp3) is 0.500. The smallest absolute Gasteiger partial charge is 0.0558 e. The summed E-state index contributed by atoms with van der Waals surface area (Å²) in [5.74, 6) is 0. The number of hydrogen-bond donors (Lipinski definition) is 1. The summed E-state index contributed by atoms with van der Waals surface area (Å²) in [4.78, 5) is 3.40. The molecule has 0 aliphatic heterocycles. The number of aliphatic hydroxyl groups is 1. The van der Waals surface area contributed by atoms with Gasteiger partial charge in [-0.3, -0.25) is 4.90 Å². The Balaban J connectivity index is 2.46. The van der Waals surface area contributed by atoms with Gasteiger partial charge in [-0.1, -0.05) is 0 Å². The minimum absolute atomic E-state index is 0.222. The van der Waals surface area contributed by atoms with Gasteiger partial charge < -0.3 is 5.11 Å². The minimum atomic E-state index is 0.222. The molecule has 1 N–H and O–H groups in total. The van der Waals surface area contributed by atoms with Crippen molar-refractivity contribution in [2.45, 2.75) is 6.54 Å². The van der Waals surface area contributed by atoms with Crippen LogP contribution in [0.3, 0.4) is 0 Å². The summed E-state index contributed by atoms with van der Waals surface area (Å²) >= 11 is 5.20. The van der Waals surface area contributed by atoms with E-state index in [0.717, 1.165) is 17.6 Å². The van der Waals surface area contributed by atoms with Gasteiger partial charge in [-0.25, -0.2) is 0 Å². The topological polar surface area (TPSA) is 23.5 Å². The highest BCUT2D eigenvalue weighted by atomic mass is 79.9. The first kappa shape index (κ1) is 10.2. The monoisotopic (exact) mass is 249 g/mol. The van der Waals surface area contributed by atoms with Crippen LogP contribution in [0.4, 0.5) is 0 Å². The molecule has 0 aromatic carbocycles. The highest BCUT2D eigenvalue weighted by Crippen LogP contribution is 2.23. The molecule has 0 atom stereocenters. The second-order valence-corrected chi connectivity index (χ2v) is 4.51. The number of likely N-dealkylation sites (N-methyl/N-ethyl adjacent to an activating group) is 1. The van der Waals surface area contributed by atoms with Crippen molar-refractivity contribution in [2.75, 3.05) is 20.2 Å². The second-order valence-electron chi connectivity index (χ2n) is 2.65. The number of rotatable bonds is 4. The first-order chi connectivity index (χ1) is 5.74. The van der Waals surface area contributed by atoms with Gasteiger partial charge in [-0.15, -0.1) is 11.3 Å². The SMILES string of the molecule is CN(CCO)Cc1sccc1Br. The molecule has 0 saturated heterocycles. The Kier molecular flexibility index (Phi) is 4.21. The van der Waals surface area contributed by atoms with Crippen LogP contribution in [0.1, 0.15) is 4.88 Å². The molecule has 68 valence electrons. The summed E-state index contributed by atoms with van der Waals surface area (Å²) < 4.78 is 1.16. The molecule has 1 heterocycles. The van der Waals surface area contributed by atoms with E-state index < -0.39 is 0 Å². The number of thiophene rings is 1. The molecule has 0 fully saturated rings. The van der Waals surface area contributed by atoms with Crippen LogP contribution in [-0.2, 0) is 6.54 Å². The molecule has 0 unspecified atom stereocenters. The normalized spacial score (nSPS) is 11.0. The second kappa shape index (κ2) is 4.97. The quantitative estimate of drug-likeness (QED) is 0.882. The molecular formula is C8H12BrNOS. The van der Waals surface area contributed by atoms with Crippen molar-refractivity contribution in [2.24, 2.45) is 0 Å². The van der Waals surface area contributed by atoms with E-state index in [9.17, 15) is 0 Å². The lowest BCUT2D eigenvalue weighted by Gasteiger charge is -2.13. The fourth-order valence-electron chi connectivity index (χ4n) is 0.933. The molecule has 1 rings (SSSR count). The average Bonchev–Trinajstić information content (AvgIpc) is 2.37. The maximum atomic E-state index is 8.68. The predicted octanol–water partition coefficient (Wildman–Crippen LogP) is 1.93. The summed E-state index contributed by atoms with van der Waals surface area (Å²) in [6.45, 7) is 1.85. The minimum Gasteiger partial charge on any atom is -0.395 e. The van der Waals surface area contributed by atoms with Gasteiger partial charge in [0.2, 0.25) is 0 Å². The lowest BCUT2D eigenvalue weighted by atomic mass is 10.4. The van der Waals surface area contributed by atoms with Crippen molar-refractivity contribution < 1.29 is 5.11 Å². The van der Waals surface area contributed by atoms with Gasteiger partial charge >= 0.3 is 0 Å². The van der Waals surface area contributed by atoms with E-state index in [1.807, 2.05) is 13.1 Å². The molecule has 4 heteroatoms. The van der Waals surface area contributed by atoms with E-state index in [-0.39, 0.29) is 6.61 Å². The van der Waals surface area contributed by atoms with Crippen molar-refractivity contribution in [3.05, 3.63) is 20.8 Å². The van der Waals surface area contributed by atoms with Gasteiger partial charge in [0.1, 0.15) is 0 Å². The molecule has 1 aromatic rings. The van der Waals surface area contributed by atoms with Crippen molar-refractivity contribution >= 4 is 27.3 Å². The predicted molar refractivity (Wildman–Crippen MR) is 55.4 cm³/mol. The zero-order valence-electron chi connectivity index (χ0n) is 6.96. The lowest BCUT2D eigenvalue weighted by Crippen LogP contribution is -2.20. The molecule has 0 amide bonds. The average molecular weight is 250 g/mol. The summed E-state index contributed by atoms with van der Waals surface area (Å²) in [6.07, 6.45) is 0. The van der Waals surface area contributed by atoms with Crippen LogP contribution in [-0.4, -0.2) is 30.2 Å². The van der Waals surface area contributed by atoms with Gasteiger partial charge in [-0.2, -0.15) is 0 Å². The standard InChI is InChI=1S/C8H12BrNOS/c1-10(3-4-11)6-8-7(9)2-5-12-8/h2,5,11H,3-4,6H2,1H3. The van der Waals surface area contributed by atoms with Crippen LogP contribution in [0, 0.1) is 0 Å². The fourth-order valence-corrected chi connectivity index (χ4v) is 2.49. The molecule has 12 heavy (non-hydrogen) atoms. The Bertz CT molecular complexity index is 239. The van der Waals surface area contributed by atoms with Crippen LogP contribution in [0.5, 0.6) is 0 Å². The van der Waals surface area contributed by atoms with Crippen LogP contribution in [0.25, 0.3) is 0 Å². The highest BCUT2D eigenvalue weighted by molar-refractivity contribution is 9.10. The molecule has 2 nitrogen and oxygen atoms in total. The third-order valence-electron chi connectivity index (χ3n) is 1.59. The number of hydrogen-bond acceptors (Lipinski definition) is 3. The third kappa shape index (κ3) is 2.86. The first-order valence-corrected chi connectivity index (χ1v) is 5.42. The van der Waals surface area contributed by atoms with Crippen molar-refractivity contribution in [1.29, 1.82) is 0 Å². The molecule has 0 aliphatic carbocycles. The summed E-state index contributed by atoms with van der Waals surface area (Å²) in [5.41, 5.74) is 0. The zero-order chi connectivity index (χ0) is 8.97. The molecular weight excluding hydrogens is 238 g/mol. The summed E-state index contributed by atoms with van der Waals surface area (Å²) in [7, 11) is 2.00. The Morgan fingerprint density at radius 3 is 2.92 bits per heavy atom. The van der Waals surface area contributed by atoms with E-state index >= 15 is 0 Å². The molecule has 0 radical (unpaired) electrons. The summed E-state index contributed by atoms with van der Waals surface area (Å²) in [5, 5.41) is 10.7. The number of nitrogens with zero attached hydrogens (tertiary/aromatic N) is 1. The largest absolute Gasteiger partial charge is 0.395 e. The molecule has 1 aromatic heterocycles. The van der Waals surface area contributed by atoms with Crippen molar-refractivity contribution in [3.63, 3.8) is 0 Å². The molecule has 0 bridgehead atoms. The Morgan fingerprint density at radius 2 is 2.42 bits per heavy atom. The van der Waals surface area contributed by atoms with E-state index in [1.54, 1.807) is 11.3 Å².